The minimum Gasteiger partial charge on any atom is -0.406 e. The molecule has 0 atom stereocenters. The van der Waals surface area contributed by atoms with E-state index in [9.17, 15) is 18.0 Å². The van der Waals surface area contributed by atoms with Gasteiger partial charge >= 0.3 is 6.36 Å². The number of nitrogens with one attached hydrogen (secondary N) is 1. The second-order valence-corrected chi connectivity index (χ2v) is 7.91. The summed E-state index contributed by atoms with van der Waals surface area (Å²) >= 11 is 0. The van der Waals surface area contributed by atoms with Gasteiger partial charge in [-0.25, -0.2) is 4.68 Å². The summed E-state index contributed by atoms with van der Waals surface area (Å²) in [7, 11) is 0. The maximum absolute atomic E-state index is 12.6. The Morgan fingerprint density at radius 3 is 2.21 bits per heavy atom. The average Bonchev–Trinajstić information content (AvgIpc) is 3.12. The Bertz CT molecular complexity index is 1100. The first kappa shape index (κ1) is 22.6. The van der Waals surface area contributed by atoms with Crippen molar-refractivity contribution in [2.75, 3.05) is 23.3 Å². The summed E-state index contributed by atoms with van der Waals surface area (Å²) in [6.45, 7) is 5.16. The van der Waals surface area contributed by atoms with Crippen molar-refractivity contribution in [1.29, 1.82) is 0 Å². The molecule has 3 aromatic rings. The monoisotopic (exact) mass is 460 g/mol. The zero-order valence-corrected chi connectivity index (χ0v) is 18.1. The first-order valence-corrected chi connectivity index (χ1v) is 10.5. The van der Waals surface area contributed by atoms with Crippen LogP contribution < -0.4 is 15.0 Å². The van der Waals surface area contributed by atoms with Crippen molar-refractivity contribution in [1.82, 2.24) is 20.0 Å². The predicted octanol–water partition coefficient (Wildman–Crippen LogP) is 4.03. The number of ether oxygens (including phenoxy) is 1. The molecule has 1 saturated heterocycles. The van der Waals surface area contributed by atoms with Crippen LogP contribution in [-0.2, 0) is 4.79 Å². The van der Waals surface area contributed by atoms with Gasteiger partial charge in [-0.05, 0) is 69.2 Å². The highest BCUT2D eigenvalue weighted by atomic mass is 19.4. The summed E-state index contributed by atoms with van der Waals surface area (Å²) in [5.41, 5.74) is 2.30. The van der Waals surface area contributed by atoms with Gasteiger partial charge in [0.15, 0.2) is 11.6 Å². The van der Waals surface area contributed by atoms with Crippen molar-refractivity contribution in [3.63, 3.8) is 0 Å². The number of alkyl halides is 3. The summed E-state index contributed by atoms with van der Waals surface area (Å²) in [6.07, 6.45) is -3.50. The first-order valence-electron chi connectivity index (χ1n) is 10.5. The number of hydrogen-bond donors (Lipinski definition) is 1. The molecule has 0 spiro atoms. The number of carbonyl (C=O) groups excluding carboxylic acids is 1. The number of aryl methyl sites for hydroxylation is 2. The van der Waals surface area contributed by atoms with Gasteiger partial charge in [0.25, 0.3) is 0 Å². The minimum atomic E-state index is -4.75. The van der Waals surface area contributed by atoms with Crippen LogP contribution in [0.5, 0.6) is 5.75 Å². The third kappa shape index (κ3) is 5.60. The van der Waals surface area contributed by atoms with Crippen molar-refractivity contribution in [2.45, 2.75) is 33.1 Å². The molecule has 0 bridgehead atoms. The number of rotatable bonds is 5. The fourth-order valence-corrected chi connectivity index (χ4v) is 3.82. The van der Waals surface area contributed by atoms with E-state index in [4.69, 9.17) is 0 Å². The molecule has 11 heteroatoms. The molecule has 1 aliphatic rings. The molecule has 1 fully saturated rings. The normalized spacial score (nSPS) is 14.9. The molecule has 1 aliphatic heterocycles. The lowest BCUT2D eigenvalue weighted by Gasteiger charge is -2.31. The quantitative estimate of drug-likeness (QED) is 0.619. The van der Waals surface area contributed by atoms with Crippen LogP contribution in [0.15, 0.2) is 42.5 Å². The number of carbonyl (C=O) groups is 1. The van der Waals surface area contributed by atoms with E-state index in [1.54, 1.807) is 4.68 Å². The first-order chi connectivity index (χ1) is 15.7. The van der Waals surface area contributed by atoms with Gasteiger partial charge in [-0.15, -0.1) is 23.4 Å². The van der Waals surface area contributed by atoms with Crippen molar-refractivity contribution in [2.24, 2.45) is 5.92 Å². The highest BCUT2D eigenvalue weighted by Gasteiger charge is 2.31. The van der Waals surface area contributed by atoms with E-state index in [1.807, 2.05) is 32.0 Å². The maximum Gasteiger partial charge on any atom is 0.573 e. The number of nitrogens with zero attached hydrogens (tertiary/aromatic N) is 5. The molecule has 0 aliphatic carbocycles. The number of anilines is 2. The van der Waals surface area contributed by atoms with Gasteiger partial charge in [-0.3, -0.25) is 4.79 Å². The topological polar surface area (TPSA) is 85.2 Å². The fraction of sp³-hybridized carbons (Fsp3) is 0.364. The van der Waals surface area contributed by atoms with Gasteiger partial charge in [0.1, 0.15) is 5.75 Å². The van der Waals surface area contributed by atoms with Gasteiger partial charge < -0.3 is 15.0 Å². The van der Waals surface area contributed by atoms with E-state index in [2.05, 4.69) is 30.2 Å². The molecule has 4 rings (SSSR count). The number of hydrogen-bond acceptors (Lipinski definition) is 6. The maximum atomic E-state index is 12.6. The second kappa shape index (κ2) is 9.08. The SMILES string of the molecule is Cc1cc(C)n(-c2ccc(N3CCC(C(=O)Nc4ccc(OC(F)(F)F)cc4)CC3)nn2)n1. The van der Waals surface area contributed by atoms with E-state index in [-0.39, 0.29) is 17.6 Å². The van der Waals surface area contributed by atoms with Crippen LogP contribution in [0, 0.1) is 19.8 Å². The Kier molecular flexibility index (Phi) is 6.21. The molecule has 33 heavy (non-hydrogen) atoms. The molecule has 0 saturated carbocycles. The van der Waals surface area contributed by atoms with Crippen molar-refractivity contribution >= 4 is 17.4 Å². The van der Waals surface area contributed by atoms with Crippen molar-refractivity contribution in [3.05, 3.63) is 53.9 Å². The third-order valence-corrected chi connectivity index (χ3v) is 5.41. The number of amides is 1. The number of halogens is 3. The van der Waals surface area contributed by atoms with Gasteiger partial charge in [0.05, 0.1) is 5.69 Å². The Hall–Kier alpha value is -3.63. The Morgan fingerprint density at radius 1 is 1.03 bits per heavy atom. The number of benzene rings is 1. The lowest BCUT2D eigenvalue weighted by molar-refractivity contribution is -0.274. The average molecular weight is 460 g/mol. The second-order valence-electron chi connectivity index (χ2n) is 7.91. The third-order valence-electron chi connectivity index (χ3n) is 5.41. The van der Waals surface area contributed by atoms with Crippen LogP contribution in [0.1, 0.15) is 24.2 Å². The fourth-order valence-electron chi connectivity index (χ4n) is 3.82. The molecule has 2 aromatic heterocycles. The highest BCUT2D eigenvalue weighted by Crippen LogP contribution is 2.26. The number of aromatic nitrogens is 4. The number of piperidine rings is 1. The van der Waals surface area contributed by atoms with E-state index < -0.39 is 6.36 Å². The highest BCUT2D eigenvalue weighted by molar-refractivity contribution is 5.92. The summed E-state index contributed by atoms with van der Waals surface area (Å²) in [6, 6.07) is 10.8. The van der Waals surface area contributed by atoms with Crippen LogP contribution in [0.3, 0.4) is 0 Å². The van der Waals surface area contributed by atoms with Crippen LogP contribution >= 0.6 is 0 Å². The largest absolute Gasteiger partial charge is 0.573 e. The summed E-state index contributed by atoms with van der Waals surface area (Å²) in [5.74, 6) is 0.683. The molecule has 0 unspecified atom stereocenters. The standard InChI is InChI=1S/C22H23F3N6O2/c1-14-13-15(2)31(29-14)20-8-7-19(27-28-20)30-11-9-16(10-12-30)21(32)26-17-3-5-18(6-4-17)33-22(23,24)25/h3-8,13,16H,9-12H2,1-2H3,(H,26,32). The molecular formula is C22H23F3N6O2. The predicted molar refractivity (Wildman–Crippen MR) is 115 cm³/mol. The van der Waals surface area contributed by atoms with Gasteiger partial charge in [0, 0.05) is 30.4 Å². The minimum absolute atomic E-state index is 0.162. The molecule has 174 valence electrons. The van der Waals surface area contributed by atoms with E-state index >= 15 is 0 Å². The summed E-state index contributed by atoms with van der Waals surface area (Å²) < 4.78 is 42.3. The Labute approximate surface area is 188 Å². The van der Waals surface area contributed by atoms with Crippen molar-refractivity contribution < 1.29 is 22.7 Å². The molecular weight excluding hydrogens is 437 g/mol. The summed E-state index contributed by atoms with van der Waals surface area (Å²) in [5, 5.41) is 15.8. The molecule has 0 radical (unpaired) electrons. The molecule has 8 nitrogen and oxygen atoms in total. The van der Waals surface area contributed by atoms with Gasteiger partial charge in [-0.1, -0.05) is 0 Å². The van der Waals surface area contributed by atoms with E-state index in [0.717, 1.165) is 17.2 Å². The van der Waals surface area contributed by atoms with Crippen LogP contribution in [0.25, 0.3) is 5.82 Å². The molecule has 3 heterocycles. The zero-order chi connectivity index (χ0) is 23.6. The lowest BCUT2D eigenvalue weighted by atomic mass is 9.96. The van der Waals surface area contributed by atoms with Gasteiger partial charge in [0.2, 0.25) is 5.91 Å². The zero-order valence-electron chi connectivity index (χ0n) is 18.1. The van der Waals surface area contributed by atoms with Crippen LogP contribution in [-0.4, -0.2) is 45.3 Å². The lowest BCUT2D eigenvalue weighted by Crippen LogP contribution is -2.38. The van der Waals surface area contributed by atoms with Crippen molar-refractivity contribution in [3.8, 4) is 11.6 Å². The van der Waals surface area contributed by atoms with Gasteiger partial charge in [-0.2, -0.15) is 5.10 Å². The molecule has 1 amide bonds. The Morgan fingerprint density at radius 2 is 1.67 bits per heavy atom. The Balaban J connectivity index is 1.30. The van der Waals surface area contributed by atoms with E-state index in [0.29, 0.717) is 37.4 Å². The van der Waals surface area contributed by atoms with E-state index in [1.165, 1.54) is 24.3 Å². The van der Waals surface area contributed by atoms with Crippen LogP contribution in [0.4, 0.5) is 24.7 Å². The smallest absolute Gasteiger partial charge is 0.406 e. The summed E-state index contributed by atoms with van der Waals surface area (Å²) in [4.78, 5) is 14.7. The molecule has 1 aromatic carbocycles. The molecule has 1 N–H and O–H groups in total. The van der Waals surface area contributed by atoms with Crippen LogP contribution in [0.2, 0.25) is 0 Å².